The summed E-state index contributed by atoms with van der Waals surface area (Å²) in [4.78, 5) is 61.2. The van der Waals surface area contributed by atoms with Crippen LogP contribution in [0, 0.1) is 0 Å². The second-order valence-corrected chi connectivity index (χ2v) is 8.98. The summed E-state index contributed by atoms with van der Waals surface area (Å²) < 4.78 is 0. The van der Waals surface area contributed by atoms with Crippen molar-refractivity contribution in [2.45, 2.75) is 49.9 Å². The zero-order chi connectivity index (χ0) is 29.8. The second kappa shape index (κ2) is 15.0. The topological polar surface area (TPSA) is 249 Å². The van der Waals surface area contributed by atoms with Gasteiger partial charge in [0.25, 0.3) is 0 Å². The largest absolute Gasteiger partial charge is 0.508 e. The number of carbonyl (C=O) groups excluding carboxylic acids is 3. The van der Waals surface area contributed by atoms with E-state index >= 15 is 0 Å². The number of benzene rings is 2. The van der Waals surface area contributed by atoms with Gasteiger partial charge in [0, 0.05) is 19.3 Å². The maximum absolute atomic E-state index is 13.4. The summed E-state index contributed by atoms with van der Waals surface area (Å²) >= 11 is 0. The minimum Gasteiger partial charge on any atom is -0.508 e. The monoisotopic (exact) mass is 560 g/mol. The number of aliphatic hydroxyl groups excluding tert-OH is 1. The lowest BCUT2D eigenvalue weighted by Crippen LogP contribution is -2.58. The summed E-state index contributed by atoms with van der Waals surface area (Å²) in [6.07, 6.45) is -0.828. The third kappa shape index (κ3) is 10.2. The van der Waals surface area contributed by atoms with E-state index in [0.717, 1.165) is 0 Å². The highest BCUT2D eigenvalue weighted by atomic mass is 16.4. The van der Waals surface area contributed by atoms with Gasteiger partial charge in [-0.1, -0.05) is 24.3 Å². The first-order valence-electron chi connectivity index (χ1n) is 12.2. The van der Waals surface area contributed by atoms with Crippen molar-refractivity contribution < 1.29 is 49.5 Å². The molecule has 0 spiro atoms. The van der Waals surface area contributed by atoms with E-state index in [9.17, 15) is 44.4 Å². The molecule has 40 heavy (non-hydrogen) atoms. The first-order valence-corrected chi connectivity index (χ1v) is 12.2. The van der Waals surface area contributed by atoms with Gasteiger partial charge < -0.3 is 47.2 Å². The number of amides is 3. The summed E-state index contributed by atoms with van der Waals surface area (Å²) in [7, 11) is 0. The highest BCUT2D eigenvalue weighted by molar-refractivity contribution is 5.94. The molecule has 0 bridgehead atoms. The van der Waals surface area contributed by atoms with E-state index in [2.05, 4.69) is 16.0 Å². The van der Waals surface area contributed by atoms with E-state index in [1.807, 2.05) is 0 Å². The number of carbonyl (C=O) groups is 5. The van der Waals surface area contributed by atoms with Crippen LogP contribution in [-0.2, 0) is 36.8 Å². The number of phenols is 2. The number of hydrogen-bond acceptors (Lipinski definition) is 9. The third-order valence-corrected chi connectivity index (χ3v) is 5.82. The van der Waals surface area contributed by atoms with E-state index in [1.54, 1.807) is 0 Å². The van der Waals surface area contributed by atoms with E-state index in [0.29, 0.717) is 11.1 Å². The van der Waals surface area contributed by atoms with Gasteiger partial charge >= 0.3 is 11.9 Å². The Balaban J connectivity index is 2.31. The molecular weight excluding hydrogens is 528 g/mol. The zero-order valence-corrected chi connectivity index (χ0v) is 21.3. The van der Waals surface area contributed by atoms with Crippen LogP contribution in [0.1, 0.15) is 24.0 Å². The molecule has 14 heteroatoms. The summed E-state index contributed by atoms with van der Waals surface area (Å²) in [6, 6.07) is 5.85. The van der Waals surface area contributed by atoms with Gasteiger partial charge in [-0.15, -0.1) is 0 Å². The molecule has 2 aromatic rings. The third-order valence-electron chi connectivity index (χ3n) is 5.82. The van der Waals surface area contributed by atoms with Gasteiger partial charge in [0.05, 0.1) is 12.6 Å². The molecule has 0 saturated heterocycles. The molecule has 0 fully saturated rings. The maximum atomic E-state index is 13.4. The van der Waals surface area contributed by atoms with Crippen LogP contribution in [0.15, 0.2) is 48.5 Å². The quantitative estimate of drug-likeness (QED) is 0.123. The highest BCUT2D eigenvalue weighted by Crippen LogP contribution is 2.14. The Labute approximate surface area is 228 Å². The maximum Gasteiger partial charge on any atom is 0.328 e. The molecule has 10 N–H and O–H groups in total. The first kappa shape index (κ1) is 31.5. The number of phenolic OH excluding ortho intramolecular Hbond substituents is 2. The van der Waals surface area contributed by atoms with Crippen LogP contribution in [0.3, 0.4) is 0 Å². The molecule has 0 aliphatic heterocycles. The van der Waals surface area contributed by atoms with Crippen molar-refractivity contribution in [1.29, 1.82) is 0 Å². The molecule has 4 atom stereocenters. The lowest BCUT2D eigenvalue weighted by atomic mass is 10.0. The Morgan fingerprint density at radius 3 is 1.45 bits per heavy atom. The highest BCUT2D eigenvalue weighted by Gasteiger charge is 2.30. The van der Waals surface area contributed by atoms with E-state index in [4.69, 9.17) is 10.8 Å². The van der Waals surface area contributed by atoms with Crippen LogP contribution >= 0.6 is 0 Å². The van der Waals surface area contributed by atoms with Crippen LogP contribution in [0.4, 0.5) is 0 Å². The molecule has 0 aliphatic rings. The van der Waals surface area contributed by atoms with E-state index < -0.39 is 60.4 Å². The van der Waals surface area contributed by atoms with Gasteiger partial charge in [0.15, 0.2) is 0 Å². The van der Waals surface area contributed by atoms with Gasteiger partial charge in [-0.05, 0) is 41.8 Å². The van der Waals surface area contributed by atoms with Gasteiger partial charge in [-0.2, -0.15) is 0 Å². The SMILES string of the molecule is NC(CCC(=O)O)C(=O)NC(Cc1ccc(O)cc1)C(=O)NC(Cc1ccc(O)cc1)C(=O)NC(CO)C(=O)O. The van der Waals surface area contributed by atoms with E-state index in [-0.39, 0.29) is 37.2 Å². The van der Waals surface area contributed by atoms with Crippen molar-refractivity contribution in [2.75, 3.05) is 6.61 Å². The molecule has 216 valence electrons. The number of aliphatic carboxylic acids is 2. The number of hydrogen-bond donors (Lipinski definition) is 9. The van der Waals surface area contributed by atoms with Crippen LogP contribution in [0.5, 0.6) is 11.5 Å². The predicted octanol–water partition coefficient (Wildman–Crippen LogP) is -1.39. The molecule has 0 radical (unpaired) electrons. The fourth-order valence-electron chi connectivity index (χ4n) is 3.57. The second-order valence-electron chi connectivity index (χ2n) is 8.98. The van der Waals surface area contributed by atoms with Crippen molar-refractivity contribution in [3.63, 3.8) is 0 Å². The zero-order valence-electron chi connectivity index (χ0n) is 21.3. The van der Waals surface area contributed by atoms with Crippen LogP contribution in [-0.4, -0.2) is 86.0 Å². The minimum atomic E-state index is -1.65. The van der Waals surface area contributed by atoms with Gasteiger partial charge in [-0.3, -0.25) is 19.2 Å². The van der Waals surface area contributed by atoms with Crippen molar-refractivity contribution in [1.82, 2.24) is 16.0 Å². The number of rotatable bonds is 15. The number of aromatic hydroxyl groups is 2. The Morgan fingerprint density at radius 2 is 1.07 bits per heavy atom. The molecule has 14 nitrogen and oxygen atoms in total. The molecule has 4 unspecified atom stereocenters. The number of carboxylic acids is 2. The standard InChI is InChI=1S/C26H32N4O10/c27-18(9-10-22(34)35)23(36)28-19(11-14-1-5-16(32)6-2-14)24(37)29-20(12-15-3-7-17(33)8-4-15)25(38)30-21(13-31)26(39)40/h1-8,18-21,31-33H,9-13,27H2,(H,28,36)(H,29,37)(H,30,38)(H,34,35)(H,39,40). The molecule has 3 amide bonds. The summed E-state index contributed by atoms with van der Waals surface area (Å²) in [5.41, 5.74) is 6.79. The van der Waals surface area contributed by atoms with Crippen molar-refractivity contribution >= 4 is 29.7 Å². The van der Waals surface area contributed by atoms with Gasteiger partial charge in [0.2, 0.25) is 17.7 Å². The molecule has 0 saturated carbocycles. The molecular formula is C26H32N4O10. The van der Waals surface area contributed by atoms with Crippen LogP contribution in [0.25, 0.3) is 0 Å². The first-order chi connectivity index (χ1) is 18.9. The van der Waals surface area contributed by atoms with Crippen molar-refractivity contribution in [3.8, 4) is 11.5 Å². The lowest BCUT2D eigenvalue weighted by molar-refractivity contribution is -0.143. The minimum absolute atomic E-state index is 0.0352. The summed E-state index contributed by atoms with van der Waals surface area (Å²) in [5, 5.41) is 53.6. The normalized spacial score (nSPS) is 13.8. The summed E-state index contributed by atoms with van der Waals surface area (Å²) in [6.45, 7) is -0.908. The van der Waals surface area contributed by atoms with Crippen LogP contribution < -0.4 is 21.7 Å². The number of carboxylic acid groups (broad SMARTS) is 2. The van der Waals surface area contributed by atoms with Crippen molar-refractivity contribution in [2.24, 2.45) is 5.73 Å². The van der Waals surface area contributed by atoms with E-state index in [1.165, 1.54) is 48.5 Å². The average Bonchev–Trinajstić information content (AvgIpc) is 2.91. The Kier molecular flexibility index (Phi) is 11.9. The lowest BCUT2D eigenvalue weighted by Gasteiger charge is -2.25. The van der Waals surface area contributed by atoms with Gasteiger partial charge in [0.1, 0.15) is 29.6 Å². The summed E-state index contributed by atoms with van der Waals surface area (Å²) in [5.74, 6) is -5.34. The Morgan fingerprint density at radius 1 is 0.675 bits per heavy atom. The molecule has 0 aromatic heterocycles. The smallest absolute Gasteiger partial charge is 0.328 e. The van der Waals surface area contributed by atoms with Gasteiger partial charge in [-0.25, -0.2) is 4.79 Å². The fourth-order valence-corrected chi connectivity index (χ4v) is 3.57. The van der Waals surface area contributed by atoms with Crippen molar-refractivity contribution in [3.05, 3.63) is 59.7 Å². The average molecular weight is 561 g/mol. The Hall–Kier alpha value is -4.69. The molecule has 2 rings (SSSR count). The number of aliphatic hydroxyl groups is 1. The molecule has 0 aliphatic carbocycles. The molecule has 0 heterocycles. The predicted molar refractivity (Wildman–Crippen MR) is 139 cm³/mol. The molecule has 2 aromatic carbocycles. The Bertz CT molecular complexity index is 1190. The fraction of sp³-hybridized carbons (Fsp3) is 0.346. The number of nitrogens with two attached hydrogens (primary N) is 1. The number of nitrogens with one attached hydrogen (secondary N) is 3. The van der Waals surface area contributed by atoms with Crippen LogP contribution in [0.2, 0.25) is 0 Å².